The minimum absolute atomic E-state index is 0.564. The van der Waals surface area contributed by atoms with Gasteiger partial charge in [0.15, 0.2) is 5.82 Å². The van der Waals surface area contributed by atoms with Gasteiger partial charge in [-0.2, -0.15) is 5.26 Å². The van der Waals surface area contributed by atoms with Crippen LogP contribution < -0.4 is 0 Å². The van der Waals surface area contributed by atoms with Gasteiger partial charge in [-0.3, -0.25) is 0 Å². The Balaban J connectivity index is 1.28. The van der Waals surface area contributed by atoms with Gasteiger partial charge in [-0.1, -0.05) is 121 Å². The number of hydrogen-bond acceptors (Lipinski definition) is 4. The molecule has 0 fully saturated rings. The number of aromatic nitrogens is 2. The first-order valence-corrected chi connectivity index (χ1v) is 16.9. The summed E-state index contributed by atoms with van der Waals surface area (Å²) in [5, 5.41) is 12.2. The summed E-state index contributed by atoms with van der Waals surface area (Å²) in [6.45, 7) is 0. The Hall–Kier alpha value is -7.09. The van der Waals surface area contributed by atoms with Crippen molar-refractivity contribution in [2.45, 2.75) is 0 Å². The summed E-state index contributed by atoms with van der Waals surface area (Å²) in [4.78, 5) is 10.2. The number of para-hydroxylation sites is 1. The number of hydrogen-bond donors (Lipinski definition) is 0. The van der Waals surface area contributed by atoms with Crippen molar-refractivity contribution >= 4 is 21.9 Å². The van der Waals surface area contributed by atoms with Crippen LogP contribution in [0.15, 0.2) is 180 Å². The largest absolute Gasteiger partial charge is 0.456 e. The minimum atomic E-state index is 0.564. The normalized spacial score (nSPS) is 11.1. The van der Waals surface area contributed by atoms with Gasteiger partial charge in [0, 0.05) is 27.5 Å². The monoisotopic (exact) mass is 651 g/mol. The van der Waals surface area contributed by atoms with E-state index < -0.39 is 0 Å². The van der Waals surface area contributed by atoms with E-state index >= 15 is 0 Å². The van der Waals surface area contributed by atoms with E-state index in [1.165, 1.54) is 0 Å². The van der Waals surface area contributed by atoms with Gasteiger partial charge in [0.25, 0.3) is 0 Å². The fraction of sp³-hybridized carbons (Fsp3) is 0. The Morgan fingerprint density at radius 2 is 0.961 bits per heavy atom. The third-order valence-electron chi connectivity index (χ3n) is 9.32. The lowest BCUT2D eigenvalue weighted by atomic mass is 9.92. The minimum Gasteiger partial charge on any atom is -0.456 e. The SMILES string of the molecule is N#Cc1ccccc1-c1cc(-c2cc(-c3cccc(-c4ccccc4)c3)cc(-c3ccc4oc5ccccc5c4c3)c2)nc(-c2ccccc2)n1. The highest BCUT2D eigenvalue weighted by molar-refractivity contribution is 6.06. The van der Waals surface area contributed by atoms with E-state index in [4.69, 9.17) is 14.4 Å². The fourth-order valence-electron chi connectivity index (χ4n) is 6.78. The second-order valence-electron chi connectivity index (χ2n) is 12.5. The summed E-state index contributed by atoms with van der Waals surface area (Å²) in [6.07, 6.45) is 0. The molecule has 0 aliphatic heterocycles. The molecule has 238 valence electrons. The number of furan rings is 1. The smallest absolute Gasteiger partial charge is 0.160 e. The summed E-state index contributed by atoms with van der Waals surface area (Å²) in [5.41, 5.74) is 13.0. The average Bonchev–Trinajstić information content (AvgIpc) is 3.59. The number of rotatable bonds is 6. The number of benzene rings is 7. The average molecular weight is 652 g/mol. The zero-order valence-corrected chi connectivity index (χ0v) is 27.5. The van der Waals surface area contributed by atoms with Crippen molar-refractivity contribution in [3.05, 3.63) is 181 Å². The Morgan fingerprint density at radius 1 is 0.392 bits per heavy atom. The summed E-state index contributed by atoms with van der Waals surface area (Å²) in [5.74, 6) is 0.597. The second kappa shape index (κ2) is 12.7. The molecular formula is C47H29N3O. The standard InChI is InChI=1S/C47H29N3O/c48-30-36-16-7-8-19-40(36)44-29-43(49-47(50-44)32-14-5-2-6-15-32)39-26-37(34-18-11-17-33(24-34)31-12-3-1-4-13-31)25-38(27-39)35-22-23-46-42(28-35)41-20-9-10-21-45(41)51-46/h1-29H. The van der Waals surface area contributed by atoms with Crippen LogP contribution in [0.2, 0.25) is 0 Å². The third-order valence-corrected chi connectivity index (χ3v) is 9.32. The van der Waals surface area contributed by atoms with E-state index in [0.717, 1.165) is 77.7 Å². The number of fused-ring (bicyclic) bond motifs is 3. The van der Waals surface area contributed by atoms with Crippen LogP contribution >= 0.6 is 0 Å². The van der Waals surface area contributed by atoms with Gasteiger partial charge in [-0.15, -0.1) is 0 Å². The molecule has 9 rings (SSSR count). The van der Waals surface area contributed by atoms with Gasteiger partial charge in [-0.05, 0) is 88.0 Å². The van der Waals surface area contributed by atoms with Gasteiger partial charge >= 0.3 is 0 Å². The maximum absolute atomic E-state index is 10.0. The summed E-state index contributed by atoms with van der Waals surface area (Å²) < 4.78 is 6.17. The van der Waals surface area contributed by atoms with Gasteiger partial charge < -0.3 is 4.42 Å². The Morgan fingerprint density at radius 3 is 1.75 bits per heavy atom. The van der Waals surface area contributed by atoms with Crippen molar-refractivity contribution < 1.29 is 4.42 Å². The molecule has 0 aliphatic rings. The Kier molecular flexibility index (Phi) is 7.50. The molecule has 7 aromatic carbocycles. The van der Waals surface area contributed by atoms with Gasteiger partial charge in [-0.25, -0.2) is 9.97 Å². The molecule has 0 aliphatic carbocycles. The first-order valence-electron chi connectivity index (χ1n) is 16.9. The lowest BCUT2D eigenvalue weighted by molar-refractivity contribution is 0.669. The topological polar surface area (TPSA) is 62.7 Å². The zero-order valence-electron chi connectivity index (χ0n) is 27.5. The quantitative estimate of drug-likeness (QED) is 0.179. The van der Waals surface area contributed by atoms with E-state index in [-0.39, 0.29) is 0 Å². The van der Waals surface area contributed by atoms with Crippen molar-refractivity contribution in [3.8, 4) is 73.4 Å². The molecule has 0 spiro atoms. The van der Waals surface area contributed by atoms with Crippen LogP contribution in [0.25, 0.3) is 89.2 Å². The van der Waals surface area contributed by atoms with Crippen molar-refractivity contribution in [2.75, 3.05) is 0 Å². The van der Waals surface area contributed by atoms with Crippen LogP contribution in [-0.4, -0.2) is 9.97 Å². The highest BCUT2D eigenvalue weighted by atomic mass is 16.3. The summed E-state index contributed by atoms with van der Waals surface area (Å²) in [7, 11) is 0. The van der Waals surface area contributed by atoms with E-state index in [1.807, 2.05) is 84.9 Å². The molecule has 0 saturated carbocycles. The molecule has 0 bridgehead atoms. The molecule has 51 heavy (non-hydrogen) atoms. The third kappa shape index (κ3) is 5.73. The molecule has 2 heterocycles. The molecule has 0 radical (unpaired) electrons. The maximum Gasteiger partial charge on any atom is 0.160 e. The van der Waals surface area contributed by atoms with Crippen LogP contribution in [0.1, 0.15) is 5.56 Å². The van der Waals surface area contributed by atoms with Crippen molar-refractivity contribution in [1.82, 2.24) is 9.97 Å². The highest BCUT2D eigenvalue weighted by Crippen LogP contribution is 2.38. The number of nitriles is 1. The van der Waals surface area contributed by atoms with E-state index in [0.29, 0.717) is 17.1 Å². The Bertz CT molecular complexity index is 2760. The van der Waals surface area contributed by atoms with E-state index in [9.17, 15) is 5.26 Å². The molecule has 0 atom stereocenters. The molecule has 0 unspecified atom stereocenters. The van der Waals surface area contributed by atoms with Gasteiger partial charge in [0.05, 0.1) is 23.0 Å². The highest BCUT2D eigenvalue weighted by Gasteiger charge is 2.16. The lowest BCUT2D eigenvalue weighted by Gasteiger charge is -2.14. The maximum atomic E-state index is 10.0. The lowest BCUT2D eigenvalue weighted by Crippen LogP contribution is -1.97. The molecule has 0 N–H and O–H groups in total. The number of nitrogens with zero attached hydrogens (tertiary/aromatic N) is 3. The predicted molar refractivity (Wildman–Crippen MR) is 207 cm³/mol. The zero-order chi connectivity index (χ0) is 34.1. The van der Waals surface area contributed by atoms with Crippen LogP contribution in [0.4, 0.5) is 0 Å². The summed E-state index contributed by atoms with van der Waals surface area (Å²) in [6, 6.07) is 62.3. The molecule has 4 heteroatoms. The molecule has 0 saturated heterocycles. The molecule has 4 nitrogen and oxygen atoms in total. The van der Waals surface area contributed by atoms with Gasteiger partial charge in [0.2, 0.25) is 0 Å². The second-order valence-corrected chi connectivity index (χ2v) is 12.5. The van der Waals surface area contributed by atoms with Crippen LogP contribution in [-0.2, 0) is 0 Å². The van der Waals surface area contributed by atoms with Crippen LogP contribution in [0, 0.1) is 11.3 Å². The molecule has 2 aromatic heterocycles. The van der Waals surface area contributed by atoms with E-state index in [2.05, 4.69) is 97.1 Å². The van der Waals surface area contributed by atoms with Crippen LogP contribution in [0.5, 0.6) is 0 Å². The summed E-state index contributed by atoms with van der Waals surface area (Å²) >= 11 is 0. The van der Waals surface area contributed by atoms with Crippen molar-refractivity contribution in [2.24, 2.45) is 0 Å². The van der Waals surface area contributed by atoms with Crippen LogP contribution in [0.3, 0.4) is 0 Å². The molecule has 0 amide bonds. The first kappa shape index (κ1) is 30.0. The van der Waals surface area contributed by atoms with Gasteiger partial charge in [0.1, 0.15) is 11.2 Å². The fourth-order valence-corrected chi connectivity index (χ4v) is 6.78. The predicted octanol–water partition coefficient (Wildman–Crippen LogP) is 12.2. The first-order chi connectivity index (χ1) is 25.2. The van der Waals surface area contributed by atoms with Crippen molar-refractivity contribution in [3.63, 3.8) is 0 Å². The molecule has 9 aromatic rings. The Labute approximate surface area is 295 Å². The van der Waals surface area contributed by atoms with E-state index in [1.54, 1.807) is 0 Å². The van der Waals surface area contributed by atoms with Crippen molar-refractivity contribution in [1.29, 1.82) is 5.26 Å². The molecular weight excluding hydrogens is 623 g/mol.